The molecule has 0 aromatic carbocycles. The molecule has 2 aliphatic rings. The molecule has 0 aromatic heterocycles. The molecule has 0 aliphatic carbocycles. The van der Waals surface area contributed by atoms with Gasteiger partial charge in [-0.1, -0.05) is 13.8 Å². The van der Waals surface area contributed by atoms with Gasteiger partial charge in [0.2, 0.25) is 11.8 Å². The van der Waals surface area contributed by atoms with E-state index in [1.165, 1.54) is 0 Å². The van der Waals surface area contributed by atoms with Crippen LogP contribution in [0, 0.1) is 5.92 Å². The molecular formula is C15H27N3O2. The summed E-state index contributed by atoms with van der Waals surface area (Å²) in [5.41, 5.74) is -0.400. The van der Waals surface area contributed by atoms with E-state index in [9.17, 15) is 9.59 Å². The van der Waals surface area contributed by atoms with Gasteiger partial charge in [-0.2, -0.15) is 0 Å². The van der Waals surface area contributed by atoms with Crippen LogP contribution >= 0.6 is 0 Å². The number of piperazine rings is 1. The van der Waals surface area contributed by atoms with Gasteiger partial charge in [0, 0.05) is 32.1 Å². The maximum atomic E-state index is 12.6. The molecule has 2 amide bonds. The van der Waals surface area contributed by atoms with Gasteiger partial charge in [-0.15, -0.1) is 0 Å². The summed E-state index contributed by atoms with van der Waals surface area (Å²) < 4.78 is 0. The van der Waals surface area contributed by atoms with Gasteiger partial charge in [0.25, 0.3) is 0 Å². The van der Waals surface area contributed by atoms with Crippen LogP contribution in [0.1, 0.15) is 40.0 Å². The lowest BCUT2D eigenvalue weighted by Crippen LogP contribution is -2.61. The molecule has 114 valence electrons. The van der Waals surface area contributed by atoms with Crippen LogP contribution in [0.5, 0.6) is 0 Å². The van der Waals surface area contributed by atoms with Crippen molar-refractivity contribution in [2.75, 3.05) is 32.7 Å². The quantitative estimate of drug-likeness (QED) is 0.816. The zero-order valence-electron chi connectivity index (χ0n) is 12.9. The first-order chi connectivity index (χ1) is 9.44. The molecule has 5 heteroatoms. The van der Waals surface area contributed by atoms with Crippen LogP contribution in [0.3, 0.4) is 0 Å². The Hall–Kier alpha value is -1.10. The van der Waals surface area contributed by atoms with Gasteiger partial charge >= 0.3 is 0 Å². The Balaban J connectivity index is 1.90. The summed E-state index contributed by atoms with van der Waals surface area (Å²) >= 11 is 0. The number of carbonyl (C=O) groups is 2. The number of piperidine rings is 1. The number of nitrogens with one attached hydrogen (secondary N) is 1. The molecule has 2 aliphatic heterocycles. The van der Waals surface area contributed by atoms with Gasteiger partial charge in [-0.3, -0.25) is 9.59 Å². The number of nitrogens with zero attached hydrogens (tertiary/aromatic N) is 2. The van der Waals surface area contributed by atoms with Gasteiger partial charge in [0.1, 0.15) is 0 Å². The van der Waals surface area contributed by atoms with Crippen LogP contribution in [0.15, 0.2) is 0 Å². The lowest BCUT2D eigenvalue weighted by molar-refractivity contribution is -0.145. The van der Waals surface area contributed by atoms with Crippen LogP contribution in [0.2, 0.25) is 0 Å². The number of rotatable bonds is 2. The molecule has 2 saturated heterocycles. The molecule has 1 unspecified atom stereocenters. The van der Waals surface area contributed by atoms with Crippen molar-refractivity contribution in [2.45, 2.75) is 45.6 Å². The fourth-order valence-corrected chi connectivity index (χ4v) is 3.08. The Morgan fingerprint density at radius 2 is 1.65 bits per heavy atom. The minimum Gasteiger partial charge on any atom is -0.339 e. The third kappa shape index (κ3) is 3.14. The first-order valence-corrected chi connectivity index (χ1v) is 7.77. The van der Waals surface area contributed by atoms with Crippen molar-refractivity contribution in [3.63, 3.8) is 0 Å². The van der Waals surface area contributed by atoms with Gasteiger partial charge in [0.15, 0.2) is 0 Å². The Morgan fingerprint density at radius 3 is 2.15 bits per heavy atom. The molecule has 2 rings (SSSR count). The normalized spacial score (nSPS) is 27.8. The topological polar surface area (TPSA) is 52.7 Å². The molecule has 5 nitrogen and oxygen atoms in total. The lowest BCUT2D eigenvalue weighted by atomic mass is 9.89. The minimum absolute atomic E-state index is 0.0368. The summed E-state index contributed by atoms with van der Waals surface area (Å²) in [4.78, 5) is 28.4. The average Bonchev–Trinajstić information content (AvgIpc) is 2.46. The maximum Gasteiger partial charge on any atom is 0.242 e. The predicted molar refractivity (Wildman–Crippen MR) is 78.3 cm³/mol. The van der Waals surface area contributed by atoms with Crippen molar-refractivity contribution in [3.8, 4) is 0 Å². The van der Waals surface area contributed by atoms with Crippen molar-refractivity contribution in [3.05, 3.63) is 0 Å². The van der Waals surface area contributed by atoms with E-state index in [0.717, 1.165) is 25.8 Å². The largest absolute Gasteiger partial charge is 0.339 e. The van der Waals surface area contributed by atoms with Crippen molar-refractivity contribution < 1.29 is 9.59 Å². The number of hydrogen-bond donors (Lipinski definition) is 1. The third-order valence-corrected chi connectivity index (χ3v) is 4.46. The molecule has 0 spiro atoms. The van der Waals surface area contributed by atoms with Crippen LogP contribution < -0.4 is 5.32 Å². The summed E-state index contributed by atoms with van der Waals surface area (Å²) in [6, 6.07) is 0. The molecule has 1 N–H and O–H groups in total. The molecule has 0 saturated carbocycles. The number of hydrogen-bond acceptors (Lipinski definition) is 3. The first-order valence-electron chi connectivity index (χ1n) is 7.77. The van der Waals surface area contributed by atoms with E-state index in [2.05, 4.69) is 5.32 Å². The maximum absolute atomic E-state index is 12.6. The van der Waals surface area contributed by atoms with E-state index in [1.807, 2.05) is 30.6 Å². The van der Waals surface area contributed by atoms with E-state index >= 15 is 0 Å². The van der Waals surface area contributed by atoms with Crippen LogP contribution in [0.4, 0.5) is 0 Å². The van der Waals surface area contributed by atoms with Crippen molar-refractivity contribution >= 4 is 11.8 Å². The fourth-order valence-electron chi connectivity index (χ4n) is 3.08. The minimum atomic E-state index is -0.400. The first kappa shape index (κ1) is 15.3. The Kier molecular flexibility index (Phi) is 4.68. The summed E-state index contributed by atoms with van der Waals surface area (Å²) in [7, 11) is 0. The molecule has 0 bridgehead atoms. The second kappa shape index (κ2) is 6.12. The summed E-state index contributed by atoms with van der Waals surface area (Å²) in [6.45, 7) is 9.44. The monoisotopic (exact) mass is 281 g/mol. The van der Waals surface area contributed by atoms with Crippen molar-refractivity contribution in [2.24, 2.45) is 5.92 Å². The SMILES string of the molecule is CC(C)C(=O)N1CCN(C(=O)C2(C)CCCCN2)CC1. The summed E-state index contributed by atoms with van der Waals surface area (Å²) in [5, 5.41) is 3.37. The molecule has 0 aromatic rings. The molecule has 2 heterocycles. The molecular weight excluding hydrogens is 254 g/mol. The lowest BCUT2D eigenvalue weighted by Gasteiger charge is -2.42. The fraction of sp³-hybridized carbons (Fsp3) is 0.867. The van der Waals surface area contributed by atoms with Crippen LogP contribution in [-0.2, 0) is 9.59 Å². The van der Waals surface area contributed by atoms with E-state index in [1.54, 1.807) is 0 Å². The zero-order valence-corrected chi connectivity index (χ0v) is 12.9. The highest BCUT2D eigenvalue weighted by Crippen LogP contribution is 2.22. The molecule has 2 fully saturated rings. The molecule has 1 atom stereocenters. The standard InChI is InChI=1S/C15H27N3O2/c1-12(2)13(19)17-8-10-18(11-9-17)14(20)15(3)6-4-5-7-16-15/h12,16H,4-11H2,1-3H3. The second-order valence-electron chi connectivity index (χ2n) is 6.49. The molecule has 20 heavy (non-hydrogen) atoms. The highest BCUT2D eigenvalue weighted by atomic mass is 16.2. The number of amides is 2. The Morgan fingerprint density at radius 1 is 1.05 bits per heavy atom. The molecule has 0 radical (unpaired) electrons. The van der Waals surface area contributed by atoms with Crippen molar-refractivity contribution in [1.29, 1.82) is 0 Å². The van der Waals surface area contributed by atoms with E-state index in [-0.39, 0.29) is 17.7 Å². The van der Waals surface area contributed by atoms with Gasteiger partial charge in [-0.25, -0.2) is 0 Å². The Bertz CT molecular complexity index is 367. The number of carbonyl (C=O) groups excluding carboxylic acids is 2. The predicted octanol–water partition coefficient (Wildman–Crippen LogP) is 0.845. The summed E-state index contributed by atoms with van der Waals surface area (Å²) in [6.07, 6.45) is 3.18. The second-order valence-corrected chi connectivity index (χ2v) is 6.49. The highest BCUT2D eigenvalue weighted by Gasteiger charge is 2.38. The van der Waals surface area contributed by atoms with Gasteiger partial charge in [-0.05, 0) is 32.7 Å². The Labute approximate surface area is 121 Å². The smallest absolute Gasteiger partial charge is 0.242 e. The summed E-state index contributed by atoms with van der Waals surface area (Å²) in [5.74, 6) is 0.433. The van der Waals surface area contributed by atoms with Crippen LogP contribution in [0.25, 0.3) is 0 Å². The highest BCUT2D eigenvalue weighted by molar-refractivity contribution is 5.86. The van der Waals surface area contributed by atoms with E-state index in [4.69, 9.17) is 0 Å². The average molecular weight is 281 g/mol. The van der Waals surface area contributed by atoms with Gasteiger partial charge in [0.05, 0.1) is 5.54 Å². The zero-order chi connectivity index (χ0) is 14.8. The van der Waals surface area contributed by atoms with Crippen LogP contribution in [-0.4, -0.2) is 59.9 Å². The van der Waals surface area contributed by atoms with E-state index in [0.29, 0.717) is 26.2 Å². The van der Waals surface area contributed by atoms with E-state index < -0.39 is 5.54 Å². The van der Waals surface area contributed by atoms with Crippen molar-refractivity contribution in [1.82, 2.24) is 15.1 Å². The van der Waals surface area contributed by atoms with Gasteiger partial charge < -0.3 is 15.1 Å². The third-order valence-electron chi connectivity index (χ3n) is 4.46.